The van der Waals surface area contributed by atoms with E-state index >= 15 is 0 Å². The highest BCUT2D eigenvalue weighted by Crippen LogP contribution is 2.27. The monoisotopic (exact) mass is 441 g/mol. The molecule has 1 aromatic rings. The number of aliphatic imine (C=N–C) groups is 1. The lowest BCUT2D eigenvalue weighted by Crippen LogP contribution is -2.59. The van der Waals surface area contributed by atoms with Crippen LogP contribution in [0, 0.1) is 16.7 Å². The molecule has 1 unspecified atom stereocenters. The summed E-state index contributed by atoms with van der Waals surface area (Å²) in [6.07, 6.45) is 1.48. The summed E-state index contributed by atoms with van der Waals surface area (Å²) in [5.41, 5.74) is -0.329. The van der Waals surface area contributed by atoms with Gasteiger partial charge < -0.3 is 25.4 Å². The summed E-state index contributed by atoms with van der Waals surface area (Å²) in [6, 6.07) is 9.01. The minimum absolute atomic E-state index is 0.150. The third-order valence-electron chi connectivity index (χ3n) is 5.88. The van der Waals surface area contributed by atoms with Crippen molar-refractivity contribution in [3.05, 3.63) is 29.8 Å². The van der Waals surface area contributed by atoms with Crippen LogP contribution < -0.4 is 15.4 Å². The number of ether oxygens (including phenoxy) is 1. The van der Waals surface area contributed by atoms with Crippen LogP contribution in [-0.4, -0.2) is 59.4 Å². The number of piperidine rings is 1. The predicted molar refractivity (Wildman–Crippen MR) is 123 cm³/mol. The number of carbonyl (C=O) groups is 1. The Morgan fingerprint density at radius 1 is 1.38 bits per heavy atom. The average Bonchev–Trinajstić information content (AvgIpc) is 2.74. The number of carbonyl (C=O) groups excluding carboxylic acids is 1. The van der Waals surface area contributed by atoms with Crippen molar-refractivity contribution in [3.63, 3.8) is 0 Å². The largest absolute Gasteiger partial charge is 0.444 e. The maximum atomic E-state index is 13.4. The maximum absolute atomic E-state index is 13.4. The Kier molecular flexibility index (Phi) is 7.42. The first-order chi connectivity index (χ1) is 15.1. The lowest BCUT2D eigenvalue weighted by atomic mass is 9.85. The summed E-state index contributed by atoms with van der Waals surface area (Å²) in [5.74, 6) is 0.684. The second kappa shape index (κ2) is 9.88. The molecule has 0 saturated carbocycles. The molecule has 1 saturated heterocycles. The van der Waals surface area contributed by atoms with E-state index in [0.717, 1.165) is 26.1 Å². The van der Waals surface area contributed by atoms with Gasteiger partial charge in [0.25, 0.3) is 0 Å². The fourth-order valence-corrected chi connectivity index (χ4v) is 4.25. The Hall–Kier alpha value is -2.63. The molecular formula is C24H35N5O3. The predicted octanol–water partition coefficient (Wildman–Crippen LogP) is 2.38. The summed E-state index contributed by atoms with van der Waals surface area (Å²) in [5, 5.41) is 26.2. The number of benzene rings is 1. The molecule has 2 aliphatic rings. The third-order valence-corrected chi connectivity index (χ3v) is 5.88. The molecule has 0 bridgehead atoms. The zero-order valence-corrected chi connectivity index (χ0v) is 19.5. The summed E-state index contributed by atoms with van der Waals surface area (Å²) >= 11 is 0. The van der Waals surface area contributed by atoms with Crippen LogP contribution in [-0.2, 0) is 4.79 Å². The molecule has 3 N–H and O–H groups in total. The Morgan fingerprint density at radius 2 is 2.06 bits per heavy atom. The fraction of sp³-hybridized carbons (Fsp3) is 0.625. The van der Waals surface area contributed by atoms with Crippen molar-refractivity contribution in [2.24, 2.45) is 10.4 Å². The normalized spacial score (nSPS) is 21.4. The van der Waals surface area contributed by atoms with Gasteiger partial charge in [-0.2, -0.15) is 10.3 Å². The molecule has 2 heterocycles. The number of hydrogen-bond acceptors (Lipinski definition) is 7. The van der Waals surface area contributed by atoms with Gasteiger partial charge in [-0.3, -0.25) is 4.79 Å². The number of aliphatic hydroxyl groups is 1. The van der Waals surface area contributed by atoms with Crippen LogP contribution in [0.1, 0.15) is 58.9 Å². The second-order valence-electron chi connectivity index (χ2n) is 9.90. The van der Waals surface area contributed by atoms with E-state index in [9.17, 15) is 15.2 Å². The van der Waals surface area contributed by atoms with Crippen LogP contribution in [0.3, 0.4) is 0 Å². The number of para-hydroxylation sites is 1. The molecule has 3 rings (SSSR count). The molecule has 2 atom stereocenters. The minimum atomic E-state index is -1.33. The number of nitrogens with one attached hydrogen (secondary N) is 2. The highest BCUT2D eigenvalue weighted by Gasteiger charge is 2.39. The first kappa shape index (κ1) is 24.0. The van der Waals surface area contributed by atoms with Crippen LogP contribution in [0.2, 0.25) is 0 Å². The van der Waals surface area contributed by atoms with Crippen LogP contribution in [0.5, 0.6) is 5.75 Å². The second-order valence-corrected chi connectivity index (χ2v) is 9.90. The number of amides is 1. The van der Waals surface area contributed by atoms with E-state index in [0.29, 0.717) is 36.4 Å². The first-order valence-electron chi connectivity index (χ1n) is 11.4. The van der Waals surface area contributed by atoms with Gasteiger partial charge in [-0.15, -0.1) is 0 Å². The molecule has 8 heteroatoms. The molecular weight excluding hydrogens is 406 g/mol. The number of hydrogen-bond donors (Lipinski definition) is 3. The van der Waals surface area contributed by atoms with Crippen LogP contribution in [0.25, 0.3) is 0 Å². The van der Waals surface area contributed by atoms with Crippen molar-refractivity contribution in [3.8, 4) is 11.8 Å². The van der Waals surface area contributed by atoms with Gasteiger partial charge in [-0.1, -0.05) is 39.8 Å². The highest BCUT2D eigenvalue weighted by atomic mass is 16.6. The summed E-state index contributed by atoms with van der Waals surface area (Å²) in [4.78, 5) is 20.0. The third kappa shape index (κ3) is 5.99. The molecule has 8 nitrogen and oxygen atoms in total. The zero-order chi connectivity index (χ0) is 23.4. The van der Waals surface area contributed by atoms with E-state index in [1.54, 1.807) is 6.07 Å². The highest BCUT2D eigenvalue weighted by molar-refractivity contribution is 6.04. The molecule has 174 valence electrons. The minimum Gasteiger partial charge on any atom is -0.444 e. The van der Waals surface area contributed by atoms with E-state index in [1.165, 1.54) is 0 Å². The van der Waals surface area contributed by atoms with E-state index in [2.05, 4.69) is 54.3 Å². The number of likely N-dealkylation sites (tertiary alicyclic amines) is 1. The van der Waals surface area contributed by atoms with Crippen LogP contribution in [0.4, 0.5) is 0 Å². The molecule has 32 heavy (non-hydrogen) atoms. The van der Waals surface area contributed by atoms with Gasteiger partial charge in [-0.25, -0.2) is 0 Å². The Balaban J connectivity index is 1.78. The lowest BCUT2D eigenvalue weighted by Gasteiger charge is -2.39. The van der Waals surface area contributed by atoms with Gasteiger partial charge in [0.2, 0.25) is 5.91 Å². The Labute approximate surface area is 190 Å². The van der Waals surface area contributed by atoms with Crippen molar-refractivity contribution in [1.29, 1.82) is 5.26 Å². The molecule has 1 amide bonds. The van der Waals surface area contributed by atoms with Crippen molar-refractivity contribution in [2.45, 2.75) is 71.4 Å². The number of nitrogens with zero attached hydrogens (tertiary/aromatic N) is 3. The van der Waals surface area contributed by atoms with E-state index in [1.807, 2.05) is 18.2 Å². The van der Waals surface area contributed by atoms with Gasteiger partial charge in [0.05, 0.1) is 11.6 Å². The van der Waals surface area contributed by atoms with E-state index < -0.39 is 18.0 Å². The number of aliphatic hydroxyl groups excluding tert-OH is 1. The molecule has 0 radical (unpaired) electrons. The summed E-state index contributed by atoms with van der Waals surface area (Å²) in [6.45, 7) is 10.9. The quantitative estimate of drug-likeness (QED) is 0.625. The van der Waals surface area contributed by atoms with Crippen LogP contribution >= 0.6 is 0 Å². The van der Waals surface area contributed by atoms with E-state index in [4.69, 9.17) is 4.74 Å². The Morgan fingerprint density at radius 3 is 2.69 bits per heavy atom. The summed E-state index contributed by atoms with van der Waals surface area (Å²) in [7, 11) is 0. The van der Waals surface area contributed by atoms with Gasteiger partial charge in [0.15, 0.2) is 0 Å². The van der Waals surface area contributed by atoms with Gasteiger partial charge in [0.1, 0.15) is 23.2 Å². The molecule has 0 aromatic heterocycles. The van der Waals surface area contributed by atoms with Crippen molar-refractivity contribution in [1.82, 2.24) is 15.5 Å². The van der Waals surface area contributed by atoms with Crippen molar-refractivity contribution >= 4 is 11.7 Å². The van der Waals surface area contributed by atoms with Crippen molar-refractivity contribution < 1.29 is 14.6 Å². The molecule has 0 spiro atoms. The first-order valence-corrected chi connectivity index (χ1v) is 11.4. The summed E-state index contributed by atoms with van der Waals surface area (Å²) < 4.78 is 5.37. The number of fused-ring (bicyclic) bond motifs is 1. The fourth-order valence-electron chi connectivity index (χ4n) is 4.25. The molecule has 0 aliphatic carbocycles. The zero-order valence-electron chi connectivity index (χ0n) is 19.5. The number of nitriles is 1. The molecule has 2 aliphatic heterocycles. The lowest BCUT2D eigenvalue weighted by molar-refractivity contribution is -0.125. The van der Waals surface area contributed by atoms with Gasteiger partial charge in [-0.05, 0) is 49.8 Å². The van der Waals surface area contributed by atoms with E-state index in [-0.39, 0.29) is 11.3 Å². The molecule has 1 aromatic carbocycles. The van der Waals surface area contributed by atoms with Gasteiger partial charge >= 0.3 is 6.41 Å². The number of amidine groups is 1. The standard InChI is InChI=1S/C24H35N5O3/c1-5-12-29-13-10-24(16-25,11-14-29)28-21(30)18(15-23(2,3)4)26-20-17-8-6-7-9-19(17)32-22(31)27-20/h6-9,18,22,31H,5,10-15H2,1-4H3,(H,26,27)(H,28,30)/t18-,22?/m0/s1. The van der Waals surface area contributed by atoms with Gasteiger partial charge in [0, 0.05) is 13.1 Å². The van der Waals surface area contributed by atoms with Crippen LogP contribution in [0.15, 0.2) is 29.3 Å². The number of rotatable bonds is 6. The SMILES string of the molecule is CCCN1CCC(C#N)(NC(=O)[C@H](CC(C)(C)C)NC2=NC(O)Oc3ccccc32)CC1. The smallest absolute Gasteiger partial charge is 0.300 e. The topological polar surface area (TPSA) is 110 Å². The molecule has 1 fully saturated rings. The maximum Gasteiger partial charge on any atom is 0.300 e. The average molecular weight is 442 g/mol. The van der Waals surface area contributed by atoms with Crippen molar-refractivity contribution in [2.75, 3.05) is 19.6 Å². The Bertz CT molecular complexity index is 878.